The Morgan fingerprint density at radius 2 is 1.67 bits per heavy atom. The average Bonchev–Trinajstić information content (AvgIpc) is 1.96. The van der Waals surface area contributed by atoms with Gasteiger partial charge >= 0.3 is 0 Å². The Labute approximate surface area is 87.6 Å². The van der Waals surface area contributed by atoms with Crippen LogP contribution in [0.1, 0.15) is 32.6 Å². The molecule has 12 heavy (non-hydrogen) atoms. The number of hydrogen-bond donors (Lipinski definition) is 1. The average molecular weight is 236 g/mol. The van der Waals surface area contributed by atoms with Crippen LogP contribution < -0.4 is 21.9 Å². The summed E-state index contributed by atoms with van der Waals surface area (Å²) in [6.45, 7) is 3.49. The largest absolute Gasteiger partial charge is 1.00 e. The molecule has 0 saturated carbocycles. The number of allylic oxidation sites excluding steroid dienone is 1. The lowest BCUT2D eigenvalue weighted by Crippen LogP contribution is -3.05. The minimum atomic E-state index is 0. The van der Waals surface area contributed by atoms with Crippen LogP contribution in [0.2, 0.25) is 0 Å². The van der Waals surface area contributed by atoms with Gasteiger partial charge in [-0.25, -0.2) is 0 Å². The molecule has 1 nitrogen and oxygen atoms in total. The fourth-order valence-electron chi connectivity index (χ4n) is 0.930. The predicted octanol–water partition coefficient (Wildman–Crippen LogP) is -1.73. The van der Waals surface area contributed by atoms with Crippen molar-refractivity contribution in [2.75, 3.05) is 20.6 Å². The maximum atomic E-state index is 2.31. The van der Waals surface area contributed by atoms with Crippen molar-refractivity contribution in [1.82, 2.24) is 0 Å². The summed E-state index contributed by atoms with van der Waals surface area (Å²) >= 11 is 0. The molecule has 0 aromatic carbocycles. The third kappa shape index (κ3) is 12.8. The third-order valence-corrected chi connectivity index (χ3v) is 1.70. The molecule has 0 unspecified atom stereocenters. The summed E-state index contributed by atoms with van der Waals surface area (Å²) in [6.07, 6.45) is 9.76. The Kier molecular flexibility index (Phi) is 13.7. The van der Waals surface area contributed by atoms with E-state index in [2.05, 4.69) is 33.2 Å². The van der Waals surface area contributed by atoms with Crippen molar-refractivity contribution in [1.29, 1.82) is 0 Å². The highest BCUT2D eigenvalue weighted by atomic mass is 79.9. The lowest BCUT2D eigenvalue weighted by molar-refractivity contribution is -0.857. The first-order valence-corrected chi connectivity index (χ1v) is 4.71. The van der Waals surface area contributed by atoms with Crippen molar-refractivity contribution in [2.45, 2.75) is 32.6 Å². The summed E-state index contributed by atoms with van der Waals surface area (Å²) in [5.41, 5.74) is 0. The van der Waals surface area contributed by atoms with Crippen LogP contribution in [0.4, 0.5) is 0 Å². The quantitative estimate of drug-likeness (QED) is 0.413. The highest BCUT2D eigenvalue weighted by Gasteiger charge is 1.87. The smallest absolute Gasteiger partial charge is 0.0801 e. The Bertz CT molecular complexity index is 100. The topological polar surface area (TPSA) is 4.44 Å². The second-order valence-corrected chi connectivity index (χ2v) is 3.36. The number of hydrogen-bond acceptors (Lipinski definition) is 0. The molecule has 0 aliphatic heterocycles. The summed E-state index contributed by atoms with van der Waals surface area (Å²) < 4.78 is 0. The van der Waals surface area contributed by atoms with Crippen LogP contribution in [-0.2, 0) is 0 Å². The molecule has 0 fully saturated rings. The van der Waals surface area contributed by atoms with E-state index in [1.165, 1.54) is 37.1 Å². The molecule has 0 rings (SSSR count). The van der Waals surface area contributed by atoms with Gasteiger partial charge < -0.3 is 21.9 Å². The van der Waals surface area contributed by atoms with E-state index in [4.69, 9.17) is 0 Å². The van der Waals surface area contributed by atoms with Gasteiger partial charge in [-0.05, 0) is 6.42 Å². The van der Waals surface area contributed by atoms with Crippen molar-refractivity contribution >= 4 is 0 Å². The van der Waals surface area contributed by atoms with Crippen LogP contribution in [0.25, 0.3) is 0 Å². The Balaban J connectivity index is 0. The molecule has 0 aromatic heterocycles. The van der Waals surface area contributed by atoms with E-state index in [-0.39, 0.29) is 17.0 Å². The summed E-state index contributed by atoms with van der Waals surface area (Å²) in [5.74, 6) is 0. The van der Waals surface area contributed by atoms with Gasteiger partial charge in [0.2, 0.25) is 0 Å². The number of nitrogens with one attached hydrogen (secondary N) is 1. The van der Waals surface area contributed by atoms with Crippen LogP contribution in [0.15, 0.2) is 12.2 Å². The standard InChI is InChI=1S/C10H21N.BrH/c1-4-5-6-7-8-9-10-11(2)3;/h7-8H,4-6,9-10H2,1-3H3;1H/b8-7+;. The van der Waals surface area contributed by atoms with Crippen LogP contribution >= 0.6 is 0 Å². The number of rotatable bonds is 6. The molecule has 0 radical (unpaired) electrons. The van der Waals surface area contributed by atoms with Gasteiger partial charge in [0.05, 0.1) is 20.6 Å². The molecule has 0 bridgehead atoms. The first kappa shape index (κ1) is 14.7. The second kappa shape index (κ2) is 11.2. The third-order valence-electron chi connectivity index (χ3n) is 1.70. The monoisotopic (exact) mass is 235 g/mol. The highest BCUT2D eigenvalue weighted by Crippen LogP contribution is 1.94. The summed E-state index contributed by atoms with van der Waals surface area (Å²) in [4.78, 5) is 1.53. The zero-order valence-corrected chi connectivity index (χ0v) is 10.2. The molecule has 0 aliphatic carbocycles. The van der Waals surface area contributed by atoms with Gasteiger partial charge in [0.1, 0.15) is 0 Å². The number of quaternary nitrogens is 1. The lowest BCUT2D eigenvalue weighted by atomic mass is 10.2. The zero-order valence-electron chi connectivity index (χ0n) is 8.57. The Morgan fingerprint density at radius 3 is 2.17 bits per heavy atom. The van der Waals surface area contributed by atoms with E-state index >= 15 is 0 Å². The Hall–Kier alpha value is 0.180. The molecule has 1 N–H and O–H groups in total. The van der Waals surface area contributed by atoms with Crippen molar-refractivity contribution in [3.8, 4) is 0 Å². The van der Waals surface area contributed by atoms with Crippen LogP contribution in [0.5, 0.6) is 0 Å². The molecule has 0 atom stereocenters. The number of halogens is 1. The molecule has 0 heterocycles. The maximum absolute atomic E-state index is 2.31. The van der Waals surface area contributed by atoms with E-state index in [0.717, 1.165) is 0 Å². The second-order valence-electron chi connectivity index (χ2n) is 3.36. The minimum absolute atomic E-state index is 0. The van der Waals surface area contributed by atoms with E-state index in [0.29, 0.717) is 0 Å². The summed E-state index contributed by atoms with van der Waals surface area (Å²) in [7, 11) is 4.39. The fraction of sp³-hybridized carbons (Fsp3) is 0.800. The van der Waals surface area contributed by atoms with Gasteiger partial charge in [0.25, 0.3) is 0 Å². The predicted molar refractivity (Wildman–Crippen MR) is 51.0 cm³/mol. The molecule has 0 aromatic rings. The van der Waals surface area contributed by atoms with Gasteiger partial charge in [0.15, 0.2) is 0 Å². The van der Waals surface area contributed by atoms with Crippen molar-refractivity contribution in [3.05, 3.63) is 12.2 Å². The molecular weight excluding hydrogens is 214 g/mol. The molecule has 0 aliphatic rings. The molecular formula is C10H22BrN. The van der Waals surface area contributed by atoms with E-state index in [9.17, 15) is 0 Å². The number of unbranched alkanes of at least 4 members (excludes halogenated alkanes) is 2. The first-order valence-electron chi connectivity index (χ1n) is 4.71. The van der Waals surface area contributed by atoms with Crippen LogP contribution in [0.3, 0.4) is 0 Å². The van der Waals surface area contributed by atoms with Gasteiger partial charge in [-0.15, -0.1) is 0 Å². The zero-order chi connectivity index (χ0) is 8.53. The van der Waals surface area contributed by atoms with Crippen molar-refractivity contribution in [3.63, 3.8) is 0 Å². The molecule has 0 amide bonds. The summed E-state index contributed by atoms with van der Waals surface area (Å²) in [5, 5.41) is 0. The lowest BCUT2D eigenvalue weighted by Gasteiger charge is -2.02. The van der Waals surface area contributed by atoms with E-state index in [1.807, 2.05) is 0 Å². The van der Waals surface area contributed by atoms with Gasteiger partial charge in [-0.3, -0.25) is 0 Å². The first-order chi connectivity index (χ1) is 5.27. The van der Waals surface area contributed by atoms with Crippen molar-refractivity contribution in [2.24, 2.45) is 0 Å². The van der Waals surface area contributed by atoms with Gasteiger partial charge in [-0.1, -0.05) is 31.9 Å². The van der Waals surface area contributed by atoms with Crippen LogP contribution in [-0.4, -0.2) is 20.6 Å². The van der Waals surface area contributed by atoms with E-state index in [1.54, 1.807) is 0 Å². The van der Waals surface area contributed by atoms with Gasteiger partial charge in [-0.2, -0.15) is 0 Å². The minimum Gasteiger partial charge on any atom is -1.00 e. The SMILES string of the molecule is CCCC/C=C/CC[NH+](C)C.[Br-]. The fourth-order valence-corrected chi connectivity index (χ4v) is 0.930. The van der Waals surface area contributed by atoms with E-state index < -0.39 is 0 Å². The van der Waals surface area contributed by atoms with Gasteiger partial charge in [0, 0.05) is 6.42 Å². The molecule has 74 valence electrons. The Morgan fingerprint density at radius 1 is 1.08 bits per heavy atom. The normalized spacial score (nSPS) is 10.7. The molecule has 0 saturated heterocycles. The molecule has 2 heteroatoms. The van der Waals surface area contributed by atoms with Crippen LogP contribution in [0, 0.1) is 0 Å². The molecule has 0 spiro atoms. The summed E-state index contributed by atoms with van der Waals surface area (Å²) in [6, 6.07) is 0. The van der Waals surface area contributed by atoms with Crippen molar-refractivity contribution < 1.29 is 21.9 Å². The maximum Gasteiger partial charge on any atom is 0.0801 e. The highest BCUT2D eigenvalue weighted by molar-refractivity contribution is 4.80.